The van der Waals surface area contributed by atoms with Crippen molar-refractivity contribution in [3.05, 3.63) is 59.9 Å². The molecule has 0 saturated carbocycles. The second-order valence-electron chi connectivity index (χ2n) is 6.00. The first-order chi connectivity index (χ1) is 11.7. The average Bonchev–Trinajstić information content (AvgIpc) is 2.67. The van der Waals surface area contributed by atoms with Crippen molar-refractivity contribution in [2.45, 2.75) is 18.9 Å². The van der Waals surface area contributed by atoms with E-state index in [0.29, 0.717) is 6.54 Å². The Hall–Kier alpha value is -1.82. The van der Waals surface area contributed by atoms with Crippen LogP contribution in [0.1, 0.15) is 30.0 Å². The van der Waals surface area contributed by atoms with Crippen molar-refractivity contribution in [1.29, 1.82) is 0 Å². The van der Waals surface area contributed by atoms with Gasteiger partial charge in [0.25, 0.3) is 0 Å². The Labute approximate surface area is 167 Å². The van der Waals surface area contributed by atoms with E-state index < -0.39 is 0 Å². The van der Waals surface area contributed by atoms with Gasteiger partial charge in [-0.1, -0.05) is 24.3 Å². The van der Waals surface area contributed by atoms with Crippen LogP contribution in [0.4, 0.5) is 0 Å². The Kier molecular flexibility index (Phi) is 8.85. The van der Waals surface area contributed by atoms with Gasteiger partial charge >= 0.3 is 0 Å². The van der Waals surface area contributed by atoms with Crippen molar-refractivity contribution in [1.82, 2.24) is 15.2 Å². The van der Waals surface area contributed by atoms with Crippen LogP contribution in [0.25, 0.3) is 0 Å². The second-order valence-corrected chi connectivity index (χ2v) is 6.00. The molecule has 2 heterocycles. The molecule has 142 valence electrons. The molecule has 0 aliphatic carbocycles. The number of nitrogens with zero attached hydrogens (tertiary/aromatic N) is 2. The number of rotatable bonds is 4. The van der Waals surface area contributed by atoms with Crippen LogP contribution in [0.3, 0.4) is 0 Å². The van der Waals surface area contributed by atoms with E-state index in [1.807, 2.05) is 48.2 Å². The maximum absolute atomic E-state index is 13.1. The molecule has 1 aromatic carbocycles. The van der Waals surface area contributed by atoms with Gasteiger partial charge in [-0.3, -0.25) is 9.78 Å². The van der Waals surface area contributed by atoms with Gasteiger partial charge in [0.05, 0.1) is 19.1 Å². The van der Waals surface area contributed by atoms with E-state index >= 15 is 0 Å². The lowest BCUT2D eigenvalue weighted by atomic mass is 9.97. The fourth-order valence-corrected chi connectivity index (χ4v) is 3.21. The predicted octanol–water partition coefficient (Wildman–Crippen LogP) is 3.21. The zero-order valence-corrected chi connectivity index (χ0v) is 16.6. The Bertz CT molecular complexity index is 700. The van der Waals surface area contributed by atoms with Gasteiger partial charge < -0.3 is 15.0 Å². The predicted molar refractivity (Wildman–Crippen MR) is 107 cm³/mol. The number of benzene rings is 1. The molecule has 1 N–H and O–H groups in total. The average molecular weight is 398 g/mol. The summed E-state index contributed by atoms with van der Waals surface area (Å²) in [5.74, 6) is 0.729. The van der Waals surface area contributed by atoms with Crippen LogP contribution in [0.5, 0.6) is 5.75 Å². The Morgan fingerprint density at radius 2 is 2.04 bits per heavy atom. The molecule has 1 aromatic heterocycles. The lowest BCUT2D eigenvalue weighted by molar-refractivity contribution is -0.135. The third-order valence-corrected chi connectivity index (χ3v) is 4.58. The molecule has 1 saturated heterocycles. The summed E-state index contributed by atoms with van der Waals surface area (Å²) in [5.41, 5.74) is 1.98. The summed E-state index contributed by atoms with van der Waals surface area (Å²) in [6.45, 7) is 4.16. The quantitative estimate of drug-likeness (QED) is 0.860. The van der Waals surface area contributed by atoms with Gasteiger partial charge in [0.15, 0.2) is 0 Å². The zero-order valence-electron chi connectivity index (χ0n) is 14.9. The van der Waals surface area contributed by atoms with E-state index in [0.717, 1.165) is 30.0 Å². The van der Waals surface area contributed by atoms with E-state index in [2.05, 4.69) is 10.3 Å². The molecular weight excluding hydrogens is 373 g/mol. The topological polar surface area (TPSA) is 54.5 Å². The minimum absolute atomic E-state index is 0. The number of carbonyl (C=O) groups is 1. The van der Waals surface area contributed by atoms with Gasteiger partial charge in [-0.15, -0.1) is 24.8 Å². The largest absolute Gasteiger partial charge is 0.496 e. The minimum Gasteiger partial charge on any atom is -0.496 e. The molecule has 2 unspecified atom stereocenters. The molecule has 7 heteroatoms. The van der Waals surface area contributed by atoms with Crippen molar-refractivity contribution in [3.8, 4) is 5.75 Å². The van der Waals surface area contributed by atoms with Crippen LogP contribution in [-0.4, -0.2) is 42.5 Å². The number of piperazine rings is 1. The monoisotopic (exact) mass is 397 g/mol. The van der Waals surface area contributed by atoms with E-state index in [9.17, 15) is 4.79 Å². The highest BCUT2D eigenvalue weighted by Crippen LogP contribution is 2.32. The van der Waals surface area contributed by atoms with Gasteiger partial charge in [0.1, 0.15) is 5.75 Å². The van der Waals surface area contributed by atoms with Gasteiger partial charge in [-0.2, -0.15) is 0 Å². The zero-order chi connectivity index (χ0) is 16.9. The third kappa shape index (κ3) is 4.67. The fourth-order valence-electron chi connectivity index (χ4n) is 3.21. The van der Waals surface area contributed by atoms with E-state index in [4.69, 9.17) is 4.74 Å². The molecule has 26 heavy (non-hydrogen) atoms. The van der Waals surface area contributed by atoms with Crippen molar-refractivity contribution in [2.75, 3.05) is 26.7 Å². The van der Waals surface area contributed by atoms with E-state index in [1.165, 1.54) is 0 Å². The number of para-hydroxylation sites is 1. The van der Waals surface area contributed by atoms with Crippen molar-refractivity contribution < 1.29 is 9.53 Å². The summed E-state index contributed by atoms with van der Waals surface area (Å²) in [6.07, 6.45) is 3.49. The normalized spacial score (nSPS) is 17.5. The molecule has 3 rings (SSSR count). The molecule has 5 nitrogen and oxygen atoms in total. The first kappa shape index (κ1) is 22.2. The fraction of sp³-hybridized carbons (Fsp3) is 0.368. The van der Waals surface area contributed by atoms with Crippen LogP contribution in [-0.2, 0) is 4.79 Å². The maximum atomic E-state index is 13.1. The van der Waals surface area contributed by atoms with Crippen molar-refractivity contribution in [3.63, 3.8) is 0 Å². The first-order valence-corrected chi connectivity index (χ1v) is 8.26. The summed E-state index contributed by atoms with van der Waals surface area (Å²) < 4.78 is 5.50. The van der Waals surface area contributed by atoms with Gasteiger partial charge in [-0.25, -0.2) is 0 Å². The number of aromatic nitrogens is 1. The molecule has 0 bridgehead atoms. The molecule has 0 spiro atoms. The molecule has 1 amide bonds. The molecule has 1 aliphatic rings. The highest BCUT2D eigenvalue weighted by atomic mass is 35.5. The summed E-state index contributed by atoms with van der Waals surface area (Å²) in [7, 11) is 1.67. The van der Waals surface area contributed by atoms with Crippen molar-refractivity contribution in [2.24, 2.45) is 0 Å². The Morgan fingerprint density at radius 1 is 1.27 bits per heavy atom. The van der Waals surface area contributed by atoms with Crippen LogP contribution in [0, 0.1) is 0 Å². The number of nitrogens with one attached hydrogen (secondary N) is 1. The summed E-state index contributed by atoms with van der Waals surface area (Å²) in [5, 5.41) is 3.39. The summed E-state index contributed by atoms with van der Waals surface area (Å²) in [4.78, 5) is 19.2. The van der Waals surface area contributed by atoms with Crippen LogP contribution in [0.15, 0.2) is 48.8 Å². The summed E-state index contributed by atoms with van der Waals surface area (Å²) >= 11 is 0. The molecule has 2 aromatic rings. The molecular formula is C19H25Cl2N3O2. The van der Waals surface area contributed by atoms with Crippen LogP contribution in [0.2, 0.25) is 0 Å². The van der Waals surface area contributed by atoms with Crippen molar-refractivity contribution >= 4 is 30.7 Å². The first-order valence-electron chi connectivity index (χ1n) is 8.26. The van der Waals surface area contributed by atoms with Crippen LogP contribution >= 0.6 is 24.8 Å². The van der Waals surface area contributed by atoms with Gasteiger partial charge in [-0.05, 0) is 24.6 Å². The maximum Gasteiger partial charge on any atom is 0.230 e. The lowest BCUT2D eigenvalue weighted by Gasteiger charge is -2.38. The van der Waals surface area contributed by atoms with E-state index in [-0.39, 0.29) is 42.7 Å². The SMILES string of the molecule is COc1ccccc1C1CNCCN1C(=O)C(C)c1cccnc1.Cl.Cl. The van der Waals surface area contributed by atoms with Crippen LogP contribution < -0.4 is 10.1 Å². The highest BCUT2D eigenvalue weighted by molar-refractivity contribution is 5.85. The van der Waals surface area contributed by atoms with Gasteiger partial charge in [0, 0.05) is 37.6 Å². The number of methoxy groups -OCH3 is 1. The highest BCUT2D eigenvalue weighted by Gasteiger charge is 2.32. The molecule has 1 aliphatic heterocycles. The van der Waals surface area contributed by atoms with Gasteiger partial charge in [0.2, 0.25) is 5.91 Å². The number of pyridine rings is 1. The number of carbonyl (C=O) groups excluding carboxylic acids is 1. The Morgan fingerprint density at radius 3 is 2.73 bits per heavy atom. The Balaban J connectivity index is 0.00000169. The molecule has 0 radical (unpaired) electrons. The number of amides is 1. The third-order valence-electron chi connectivity index (χ3n) is 4.58. The lowest BCUT2D eigenvalue weighted by Crippen LogP contribution is -2.49. The minimum atomic E-state index is -0.214. The number of halogens is 2. The number of hydrogen-bond donors (Lipinski definition) is 1. The summed E-state index contributed by atoms with van der Waals surface area (Å²) in [6, 6.07) is 11.7. The second kappa shape index (κ2) is 10.4. The number of hydrogen-bond acceptors (Lipinski definition) is 4. The molecule has 1 fully saturated rings. The number of ether oxygens (including phenoxy) is 1. The van der Waals surface area contributed by atoms with E-state index in [1.54, 1.807) is 19.5 Å². The standard InChI is InChI=1S/C19H23N3O2.2ClH/c1-14(15-6-5-9-20-12-15)19(23)22-11-10-21-13-17(22)16-7-3-4-8-18(16)24-2;;/h3-9,12,14,17,21H,10-11,13H2,1-2H3;2*1H. The molecule has 2 atom stereocenters. The smallest absolute Gasteiger partial charge is 0.230 e.